The number of aryl methyl sites for hydroxylation is 1. The minimum Gasteiger partial charge on any atom is -0.329 e. The van der Waals surface area contributed by atoms with E-state index in [1.165, 1.54) is 10.4 Å². The fourth-order valence-corrected chi connectivity index (χ4v) is 2.46. The molecular weight excluding hydrogens is 180 g/mol. The van der Waals surface area contributed by atoms with Gasteiger partial charge in [0.05, 0.1) is 0 Å². The van der Waals surface area contributed by atoms with Gasteiger partial charge >= 0.3 is 0 Å². The third-order valence-electron chi connectivity index (χ3n) is 2.42. The van der Waals surface area contributed by atoms with Crippen LogP contribution in [0.4, 0.5) is 0 Å². The first-order chi connectivity index (χ1) is 6.16. The van der Waals surface area contributed by atoms with Crippen LogP contribution in [-0.4, -0.2) is 25.0 Å². The van der Waals surface area contributed by atoms with Crippen molar-refractivity contribution < 1.29 is 0 Å². The van der Waals surface area contributed by atoms with Gasteiger partial charge in [0, 0.05) is 24.0 Å². The molecule has 0 fully saturated rings. The maximum atomic E-state index is 5.52. The third kappa shape index (κ3) is 2.53. The van der Waals surface area contributed by atoms with E-state index in [0.717, 1.165) is 13.1 Å². The number of hydrogen-bond donors (Lipinski definition) is 1. The number of nitrogens with two attached hydrogens (primary N) is 1. The highest BCUT2D eigenvalue weighted by Crippen LogP contribution is 2.26. The van der Waals surface area contributed by atoms with Crippen molar-refractivity contribution in [2.75, 3.05) is 20.1 Å². The predicted octanol–water partition coefficient (Wildman–Crippen LogP) is 2.01. The molecule has 0 aromatic carbocycles. The Bertz CT molecular complexity index is 257. The van der Waals surface area contributed by atoms with Crippen molar-refractivity contribution in [3.05, 3.63) is 21.9 Å². The summed E-state index contributed by atoms with van der Waals surface area (Å²) in [7, 11) is 2.12. The zero-order valence-electron chi connectivity index (χ0n) is 8.58. The molecule has 0 aliphatic carbocycles. The summed E-state index contributed by atoms with van der Waals surface area (Å²) < 4.78 is 0. The standard InChI is InChI=1S/C10H18N2S/c1-8-4-7-13-10(8)9(2)12(3)6-5-11/h4,7,9H,5-6,11H2,1-3H3. The highest BCUT2D eigenvalue weighted by Gasteiger charge is 2.13. The van der Waals surface area contributed by atoms with Gasteiger partial charge in [-0.25, -0.2) is 0 Å². The van der Waals surface area contributed by atoms with Crippen LogP contribution >= 0.6 is 11.3 Å². The van der Waals surface area contributed by atoms with Gasteiger partial charge in [-0.1, -0.05) is 0 Å². The molecule has 2 N–H and O–H groups in total. The first-order valence-corrected chi connectivity index (χ1v) is 5.49. The summed E-state index contributed by atoms with van der Waals surface area (Å²) in [5.41, 5.74) is 6.91. The molecule has 0 amide bonds. The van der Waals surface area contributed by atoms with E-state index in [1.54, 1.807) is 0 Å². The van der Waals surface area contributed by atoms with Crippen LogP contribution in [0.2, 0.25) is 0 Å². The fraction of sp³-hybridized carbons (Fsp3) is 0.600. The van der Waals surface area contributed by atoms with Crippen LogP contribution in [0, 0.1) is 6.92 Å². The smallest absolute Gasteiger partial charge is 0.0413 e. The summed E-state index contributed by atoms with van der Waals surface area (Å²) in [6.45, 7) is 6.08. The summed E-state index contributed by atoms with van der Waals surface area (Å²) in [5.74, 6) is 0. The highest BCUT2D eigenvalue weighted by atomic mass is 32.1. The Labute approximate surface area is 84.4 Å². The van der Waals surface area contributed by atoms with Crippen molar-refractivity contribution in [3.63, 3.8) is 0 Å². The number of nitrogens with zero attached hydrogens (tertiary/aromatic N) is 1. The minimum atomic E-state index is 0.489. The molecule has 0 saturated heterocycles. The van der Waals surface area contributed by atoms with Gasteiger partial charge in [0.25, 0.3) is 0 Å². The normalized spacial score (nSPS) is 13.6. The minimum absolute atomic E-state index is 0.489. The van der Waals surface area contributed by atoms with Crippen LogP contribution in [0.3, 0.4) is 0 Å². The Hall–Kier alpha value is -0.380. The largest absolute Gasteiger partial charge is 0.329 e. The Morgan fingerprint density at radius 1 is 1.62 bits per heavy atom. The molecule has 0 bridgehead atoms. The van der Waals surface area contributed by atoms with Crippen molar-refractivity contribution >= 4 is 11.3 Å². The third-order valence-corrected chi connectivity index (χ3v) is 3.61. The van der Waals surface area contributed by atoms with E-state index < -0.39 is 0 Å². The lowest BCUT2D eigenvalue weighted by Gasteiger charge is -2.23. The van der Waals surface area contributed by atoms with Crippen LogP contribution in [0.25, 0.3) is 0 Å². The molecule has 0 saturated carbocycles. The van der Waals surface area contributed by atoms with Crippen molar-refractivity contribution in [1.82, 2.24) is 4.90 Å². The van der Waals surface area contributed by atoms with E-state index in [0.29, 0.717) is 6.04 Å². The molecule has 1 aromatic heterocycles. The quantitative estimate of drug-likeness (QED) is 0.802. The van der Waals surface area contributed by atoms with Gasteiger partial charge in [0.2, 0.25) is 0 Å². The number of likely N-dealkylation sites (N-methyl/N-ethyl adjacent to an activating group) is 1. The molecule has 13 heavy (non-hydrogen) atoms. The zero-order valence-corrected chi connectivity index (χ0v) is 9.40. The lowest BCUT2D eigenvalue weighted by atomic mass is 10.2. The second-order valence-electron chi connectivity index (χ2n) is 3.41. The first kappa shape index (κ1) is 10.7. The summed E-state index contributed by atoms with van der Waals surface area (Å²) in [5, 5.41) is 2.15. The molecule has 3 heteroatoms. The van der Waals surface area contributed by atoms with E-state index in [2.05, 4.69) is 37.2 Å². The molecule has 0 spiro atoms. The van der Waals surface area contributed by atoms with Crippen LogP contribution < -0.4 is 5.73 Å². The van der Waals surface area contributed by atoms with Crippen LogP contribution in [0.15, 0.2) is 11.4 Å². The monoisotopic (exact) mass is 198 g/mol. The zero-order chi connectivity index (χ0) is 9.84. The first-order valence-electron chi connectivity index (χ1n) is 4.61. The Morgan fingerprint density at radius 2 is 2.31 bits per heavy atom. The van der Waals surface area contributed by atoms with E-state index in [-0.39, 0.29) is 0 Å². The van der Waals surface area contributed by atoms with Crippen molar-refractivity contribution in [1.29, 1.82) is 0 Å². The topological polar surface area (TPSA) is 29.3 Å². The maximum absolute atomic E-state index is 5.52. The summed E-state index contributed by atoms with van der Waals surface area (Å²) in [6.07, 6.45) is 0. The second kappa shape index (κ2) is 4.74. The average molecular weight is 198 g/mol. The molecule has 1 atom stereocenters. The number of rotatable bonds is 4. The van der Waals surface area contributed by atoms with Crippen LogP contribution in [0.1, 0.15) is 23.4 Å². The number of thiophene rings is 1. The summed E-state index contributed by atoms with van der Waals surface area (Å²) >= 11 is 1.83. The van der Waals surface area contributed by atoms with E-state index >= 15 is 0 Å². The number of hydrogen-bond acceptors (Lipinski definition) is 3. The Balaban J connectivity index is 2.67. The molecular formula is C10H18N2S. The lowest BCUT2D eigenvalue weighted by molar-refractivity contribution is 0.272. The van der Waals surface area contributed by atoms with Gasteiger partial charge in [-0.2, -0.15) is 0 Å². The molecule has 1 aromatic rings. The van der Waals surface area contributed by atoms with Gasteiger partial charge < -0.3 is 5.73 Å². The Kier molecular flexibility index (Phi) is 3.90. The second-order valence-corrected chi connectivity index (χ2v) is 4.36. The Morgan fingerprint density at radius 3 is 2.77 bits per heavy atom. The molecule has 74 valence electrons. The SMILES string of the molecule is Cc1ccsc1C(C)N(C)CCN. The van der Waals surface area contributed by atoms with Crippen molar-refractivity contribution in [3.8, 4) is 0 Å². The fourth-order valence-electron chi connectivity index (χ4n) is 1.41. The van der Waals surface area contributed by atoms with Gasteiger partial charge in [0.1, 0.15) is 0 Å². The molecule has 0 radical (unpaired) electrons. The van der Waals surface area contributed by atoms with Crippen molar-refractivity contribution in [2.24, 2.45) is 5.73 Å². The van der Waals surface area contributed by atoms with Crippen molar-refractivity contribution in [2.45, 2.75) is 19.9 Å². The molecule has 1 unspecified atom stereocenters. The van der Waals surface area contributed by atoms with E-state index in [4.69, 9.17) is 5.73 Å². The van der Waals surface area contributed by atoms with E-state index in [9.17, 15) is 0 Å². The molecule has 1 rings (SSSR count). The molecule has 0 aliphatic rings. The lowest BCUT2D eigenvalue weighted by Crippen LogP contribution is -2.28. The maximum Gasteiger partial charge on any atom is 0.0413 e. The van der Waals surface area contributed by atoms with Gasteiger partial charge in [0.15, 0.2) is 0 Å². The van der Waals surface area contributed by atoms with Gasteiger partial charge in [-0.05, 0) is 37.9 Å². The van der Waals surface area contributed by atoms with Gasteiger partial charge in [-0.15, -0.1) is 11.3 Å². The molecule has 1 heterocycles. The summed E-state index contributed by atoms with van der Waals surface area (Å²) in [4.78, 5) is 3.75. The average Bonchev–Trinajstić information content (AvgIpc) is 2.50. The molecule has 2 nitrogen and oxygen atoms in total. The van der Waals surface area contributed by atoms with Crippen LogP contribution in [-0.2, 0) is 0 Å². The summed E-state index contributed by atoms with van der Waals surface area (Å²) in [6, 6.07) is 2.66. The van der Waals surface area contributed by atoms with E-state index in [1.807, 2.05) is 11.3 Å². The highest BCUT2D eigenvalue weighted by molar-refractivity contribution is 7.10. The molecule has 0 aliphatic heterocycles. The van der Waals surface area contributed by atoms with Gasteiger partial charge in [-0.3, -0.25) is 4.90 Å². The van der Waals surface area contributed by atoms with Crippen LogP contribution in [0.5, 0.6) is 0 Å². The predicted molar refractivity (Wildman–Crippen MR) is 59.2 cm³/mol.